The molecule has 0 heterocycles. The van der Waals surface area contributed by atoms with Crippen LogP contribution in [0.5, 0.6) is 0 Å². The Morgan fingerprint density at radius 3 is 2.54 bits per heavy atom. The molecule has 1 heteroatoms. The molecule has 0 amide bonds. The van der Waals surface area contributed by atoms with Crippen LogP contribution in [0.1, 0.15) is 13.3 Å². The van der Waals surface area contributed by atoms with Crippen molar-refractivity contribution in [2.24, 2.45) is 5.41 Å². The van der Waals surface area contributed by atoms with Gasteiger partial charge < -0.3 is 0 Å². The molecule has 0 fully saturated rings. The molecule has 0 unspecified atom stereocenters. The molecule has 0 aliphatic heterocycles. The van der Waals surface area contributed by atoms with Crippen LogP contribution >= 0.6 is 0 Å². The monoisotopic (exact) mass is 172 g/mol. The molecule has 66 valence electrons. The van der Waals surface area contributed by atoms with Crippen molar-refractivity contribution < 1.29 is 4.79 Å². The molecule has 0 bridgehead atoms. The van der Waals surface area contributed by atoms with E-state index in [1.54, 1.807) is 6.92 Å². The molecule has 0 aromatic heterocycles. The normalized spacial score (nSPS) is 22.4. The van der Waals surface area contributed by atoms with E-state index in [1.165, 1.54) is 0 Å². The average molecular weight is 172 g/mol. The summed E-state index contributed by atoms with van der Waals surface area (Å²) in [5, 5.41) is 0. The zero-order chi connectivity index (χ0) is 9.31. The van der Waals surface area contributed by atoms with E-state index in [0.29, 0.717) is 0 Å². The maximum absolute atomic E-state index is 11.6. The molecule has 0 aromatic rings. The number of allylic oxidation sites excluding steroid dienone is 8. The minimum atomic E-state index is -0.451. The van der Waals surface area contributed by atoms with Crippen molar-refractivity contribution >= 4 is 5.78 Å². The highest BCUT2D eigenvalue weighted by Gasteiger charge is 2.34. The first kappa shape index (κ1) is 8.24. The van der Waals surface area contributed by atoms with E-state index in [4.69, 9.17) is 0 Å². The molecule has 2 rings (SSSR count). The third-order valence-corrected chi connectivity index (χ3v) is 2.66. The summed E-state index contributed by atoms with van der Waals surface area (Å²) in [6, 6.07) is 0. The third-order valence-electron chi connectivity index (χ3n) is 2.66. The van der Waals surface area contributed by atoms with Crippen molar-refractivity contribution in [3.05, 3.63) is 48.1 Å². The van der Waals surface area contributed by atoms with E-state index in [2.05, 4.69) is 12.2 Å². The minimum absolute atomic E-state index is 0.190. The van der Waals surface area contributed by atoms with Crippen LogP contribution in [0.4, 0.5) is 0 Å². The Morgan fingerprint density at radius 1 is 1.38 bits per heavy atom. The van der Waals surface area contributed by atoms with Crippen LogP contribution in [0.25, 0.3) is 0 Å². The number of rotatable bonds is 2. The van der Waals surface area contributed by atoms with Crippen molar-refractivity contribution in [2.75, 3.05) is 0 Å². The van der Waals surface area contributed by atoms with Crippen LogP contribution < -0.4 is 0 Å². The highest BCUT2D eigenvalue weighted by molar-refractivity contribution is 5.92. The Morgan fingerprint density at radius 2 is 2.08 bits per heavy atom. The lowest BCUT2D eigenvalue weighted by atomic mass is 9.78. The van der Waals surface area contributed by atoms with Crippen LogP contribution in [-0.4, -0.2) is 5.78 Å². The first-order valence-corrected chi connectivity index (χ1v) is 4.51. The summed E-state index contributed by atoms with van der Waals surface area (Å²) >= 11 is 0. The summed E-state index contributed by atoms with van der Waals surface area (Å²) in [5.41, 5.74) is 0.664. The van der Waals surface area contributed by atoms with E-state index in [1.807, 2.05) is 30.4 Å². The van der Waals surface area contributed by atoms with E-state index in [0.717, 1.165) is 12.0 Å². The van der Waals surface area contributed by atoms with E-state index in [9.17, 15) is 4.79 Å². The summed E-state index contributed by atoms with van der Waals surface area (Å²) in [5.74, 6) is 0.190. The Bertz CT molecular complexity index is 341. The van der Waals surface area contributed by atoms with Gasteiger partial charge in [-0.1, -0.05) is 42.5 Å². The summed E-state index contributed by atoms with van der Waals surface area (Å²) in [6.07, 6.45) is 15.0. The van der Waals surface area contributed by atoms with Gasteiger partial charge in [0, 0.05) is 0 Å². The lowest BCUT2D eigenvalue weighted by Crippen LogP contribution is -2.24. The number of hydrogen-bond donors (Lipinski definition) is 0. The van der Waals surface area contributed by atoms with Gasteiger partial charge in [0.25, 0.3) is 0 Å². The summed E-state index contributed by atoms with van der Waals surface area (Å²) < 4.78 is 0. The smallest absolute Gasteiger partial charge is 0.147 e. The largest absolute Gasteiger partial charge is 0.298 e. The van der Waals surface area contributed by atoms with Crippen molar-refractivity contribution in [3.63, 3.8) is 0 Å². The van der Waals surface area contributed by atoms with Gasteiger partial charge in [-0.3, -0.25) is 4.79 Å². The zero-order valence-corrected chi connectivity index (χ0v) is 7.66. The first-order valence-electron chi connectivity index (χ1n) is 4.51. The van der Waals surface area contributed by atoms with Gasteiger partial charge >= 0.3 is 0 Å². The molecule has 0 aromatic carbocycles. The lowest BCUT2D eigenvalue weighted by molar-refractivity contribution is -0.120. The zero-order valence-electron chi connectivity index (χ0n) is 7.66. The number of ketones is 1. The van der Waals surface area contributed by atoms with Crippen molar-refractivity contribution in [2.45, 2.75) is 13.3 Å². The molecule has 0 saturated carbocycles. The predicted molar refractivity (Wildman–Crippen MR) is 53.2 cm³/mol. The van der Waals surface area contributed by atoms with Crippen LogP contribution in [0, 0.1) is 5.41 Å². The number of carbonyl (C=O) groups excluding carboxylic acids is 1. The SMILES string of the molecule is CC(=O)C1(C2=CCC=C2)C=CC=C1. The molecule has 1 nitrogen and oxygen atoms in total. The molecule has 0 atom stereocenters. The second-order valence-corrected chi connectivity index (χ2v) is 3.44. The van der Waals surface area contributed by atoms with Crippen molar-refractivity contribution in [1.29, 1.82) is 0 Å². The number of carbonyl (C=O) groups is 1. The fourth-order valence-electron chi connectivity index (χ4n) is 1.87. The fourth-order valence-corrected chi connectivity index (χ4v) is 1.87. The second-order valence-electron chi connectivity index (χ2n) is 3.44. The average Bonchev–Trinajstić information content (AvgIpc) is 2.75. The van der Waals surface area contributed by atoms with Crippen LogP contribution in [0.15, 0.2) is 48.1 Å². The van der Waals surface area contributed by atoms with Crippen molar-refractivity contribution in [3.8, 4) is 0 Å². The van der Waals surface area contributed by atoms with Crippen LogP contribution in [0.2, 0.25) is 0 Å². The van der Waals surface area contributed by atoms with Gasteiger partial charge in [0.15, 0.2) is 0 Å². The summed E-state index contributed by atoms with van der Waals surface area (Å²) in [4.78, 5) is 11.6. The number of Topliss-reactive ketones (excluding diaryl/α,β-unsaturated/α-hetero) is 1. The third kappa shape index (κ3) is 1.12. The summed E-state index contributed by atoms with van der Waals surface area (Å²) in [7, 11) is 0. The van der Waals surface area contributed by atoms with E-state index in [-0.39, 0.29) is 5.78 Å². The summed E-state index contributed by atoms with van der Waals surface area (Å²) in [6.45, 7) is 1.65. The maximum atomic E-state index is 11.6. The number of hydrogen-bond acceptors (Lipinski definition) is 1. The molecule has 2 aliphatic carbocycles. The second kappa shape index (κ2) is 2.84. The van der Waals surface area contributed by atoms with Gasteiger partial charge in [0.2, 0.25) is 0 Å². The quantitative estimate of drug-likeness (QED) is 0.625. The maximum Gasteiger partial charge on any atom is 0.147 e. The van der Waals surface area contributed by atoms with Gasteiger partial charge in [-0.2, -0.15) is 0 Å². The van der Waals surface area contributed by atoms with Gasteiger partial charge in [-0.25, -0.2) is 0 Å². The van der Waals surface area contributed by atoms with Gasteiger partial charge in [-0.05, 0) is 18.9 Å². The van der Waals surface area contributed by atoms with E-state index < -0.39 is 5.41 Å². The van der Waals surface area contributed by atoms with E-state index >= 15 is 0 Å². The lowest BCUT2D eigenvalue weighted by Gasteiger charge is -2.22. The minimum Gasteiger partial charge on any atom is -0.298 e. The topological polar surface area (TPSA) is 17.1 Å². The van der Waals surface area contributed by atoms with Gasteiger partial charge in [0.05, 0.1) is 5.41 Å². The predicted octanol–water partition coefficient (Wildman–Crippen LogP) is 2.57. The molecule has 0 N–H and O–H groups in total. The Hall–Kier alpha value is -1.37. The standard InChI is InChI=1S/C12H12O/c1-10(13)12(8-4-5-9-12)11-6-2-3-7-11/h2,4-9H,3H2,1H3. The highest BCUT2D eigenvalue weighted by Crippen LogP contribution is 2.38. The highest BCUT2D eigenvalue weighted by atomic mass is 16.1. The molecular weight excluding hydrogens is 160 g/mol. The molecule has 0 spiro atoms. The Balaban J connectivity index is 2.45. The Kier molecular flexibility index (Phi) is 1.80. The molecule has 0 radical (unpaired) electrons. The molecule has 2 aliphatic rings. The van der Waals surface area contributed by atoms with Gasteiger partial charge in [0.1, 0.15) is 5.78 Å². The van der Waals surface area contributed by atoms with Crippen LogP contribution in [-0.2, 0) is 4.79 Å². The fraction of sp³-hybridized carbons (Fsp3) is 0.250. The first-order chi connectivity index (χ1) is 6.26. The Labute approximate surface area is 78.1 Å². The van der Waals surface area contributed by atoms with Crippen LogP contribution in [0.3, 0.4) is 0 Å². The molecule has 0 saturated heterocycles. The molecular formula is C12H12O. The van der Waals surface area contributed by atoms with Gasteiger partial charge in [-0.15, -0.1) is 0 Å². The van der Waals surface area contributed by atoms with Crippen molar-refractivity contribution in [1.82, 2.24) is 0 Å². The molecule has 13 heavy (non-hydrogen) atoms.